The van der Waals surface area contributed by atoms with Crippen molar-refractivity contribution in [3.8, 4) is 0 Å². The van der Waals surface area contributed by atoms with E-state index < -0.39 is 35.6 Å². The number of carbonyl (C=O) groups is 3. The minimum Gasteiger partial charge on any atom is -0.477 e. The molecule has 2 aromatic heterocycles. The lowest BCUT2D eigenvalue weighted by atomic mass is 9.86. The van der Waals surface area contributed by atoms with Gasteiger partial charge in [0.15, 0.2) is 10.8 Å². The van der Waals surface area contributed by atoms with E-state index in [1.165, 1.54) is 12.4 Å². The first kappa shape index (κ1) is 23.3. The molecule has 2 aliphatic heterocycles. The molecule has 0 radical (unpaired) electrons. The number of amides is 2. The van der Waals surface area contributed by atoms with Crippen LogP contribution in [0.4, 0.5) is 5.13 Å². The number of β-lactam (4-membered cyclic amide) rings is 1. The first-order valence-corrected chi connectivity index (χ1v) is 11.6. The fourth-order valence-electron chi connectivity index (χ4n) is 3.58. The number of fused-ring (bicyclic) bond motifs is 1. The number of rotatable bonds is 6. The Labute approximate surface area is 204 Å². The summed E-state index contributed by atoms with van der Waals surface area (Å²) >= 11 is 14.2. The summed E-state index contributed by atoms with van der Waals surface area (Å²) in [4.78, 5) is 47.5. The number of nitrogens with two attached hydrogens (primary N) is 1. The monoisotopic (exact) mass is 528 g/mol. The number of allylic oxidation sites excluding steroid dienone is 1. The Morgan fingerprint density at radius 1 is 1.39 bits per heavy atom. The molecular weight excluding hydrogens is 515 g/mol. The number of carbonyl (C=O) groups excluding carboxylic acids is 2. The Balaban J connectivity index is 1.55. The van der Waals surface area contributed by atoms with Crippen molar-refractivity contribution >= 4 is 74.9 Å². The van der Waals surface area contributed by atoms with E-state index >= 15 is 0 Å². The maximum absolute atomic E-state index is 12.8. The van der Waals surface area contributed by atoms with Gasteiger partial charge in [-0.1, -0.05) is 51.5 Å². The number of carboxylic acids is 1. The Morgan fingerprint density at radius 3 is 2.76 bits per heavy atom. The van der Waals surface area contributed by atoms with E-state index in [0.29, 0.717) is 27.7 Å². The molecule has 1 fully saturated rings. The van der Waals surface area contributed by atoms with Gasteiger partial charge in [0.05, 0.1) is 11.1 Å². The molecule has 2 unspecified atom stereocenters. The SMILES string of the molecule is Nc1nc(/C(=N/O)C(=O)NC2C(=O)N3C(C(=O)O)=C(Sc4ccncc4Cl)CCC23)c(Cl)s1. The average molecular weight is 529 g/mol. The number of pyridine rings is 1. The number of thiazole rings is 1. The Morgan fingerprint density at radius 2 is 2.15 bits per heavy atom. The summed E-state index contributed by atoms with van der Waals surface area (Å²) in [6.45, 7) is 0. The van der Waals surface area contributed by atoms with Crippen molar-refractivity contribution in [2.24, 2.45) is 5.16 Å². The van der Waals surface area contributed by atoms with Crippen molar-refractivity contribution in [3.63, 3.8) is 0 Å². The molecule has 172 valence electrons. The van der Waals surface area contributed by atoms with Crippen LogP contribution >= 0.6 is 46.3 Å². The summed E-state index contributed by atoms with van der Waals surface area (Å²) in [5.41, 5.74) is 4.77. The molecule has 4 heterocycles. The van der Waals surface area contributed by atoms with E-state index in [-0.39, 0.29) is 20.9 Å². The molecular formula is C18H14Cl2N6O5S2. The summed E-state index contributed by atoms with van der Waals surface area (Å²) < 4.78 is 0.0437. The van der Waals surface area contributed by atoms with Crippen LogP contribution in [0.2, 0.25) is 9.36 Å². The average Bonchev–Trinajstić information content (AvgIpc) is 3.11. The zero-order valence-corrected chi connectivity index (χ0v) is 19.5. The van der Waals surface area contributed by atoms with Gasteiger partial charge in [-0.15, -0.1) is 0 Å². The quantitative estimate of drug-likeness (QED) is 0.189. The number of nitrogens with one attached hydrogen (secondary N) is 1. The second kappa shape index (κ2) is 9.17. The van der Waals surface area contributed by atoms with E-state index in [9.17, 15) is 24.7 Å². The molecule has 33 heavy (non-hydrogen) atoms. The van der Waals surface area contributed by atoms with E-state index in [2.05, 4.69) is 20.4 Å². The summed E-state index contributed by atoms with van der Waals surface area (Å²) in [5, 5.41) is 24.9. The molecule has 2 amide bonds. The molecule has 2 aliphatic rings. The summed E-state index contributed by atoms with van der Waals surface area (Å²) in [6, 6.07) is 0.0636. The van der Waals surface area contributed by atoms with Crippen LogP contribution in [0.15, 0.2) is 39.1 Å². The van der Waals surface area contributed by atoms with Crippen molar-refractivity contribution < 1.29 is 24.7 Å². The number of aromatic nitrogens is 2. The van der Waals surface area contributed by atoms with Gasteiger partial charge in [-0.3, -0.25) is 19.5 Å². The Bertz CT molecular complexity index is 1230. The number of thioether (sulfide) groups is 1. The van der Waals surface area contributed by atoms with Crippen molar-refractivity contribution in [1.29, 1.82) is 0 Å². The van der Waals surface area contributed by atoms with Gasteiger partial charge in [0, 0.05) is 22.2 Å². The normalized spacial score (nSPS) is 20.4. The molecule has 0 aliphatic carbocycles. The summed E-state index contributed by atoms with van der Waals surface area (Å²) in [5.74, 6) is -2.77. The molecule has 5 N–H and O–H groups in total. The lowest BCUT2D eigenvalue weighted by Crippen LogP contribution is -2.72. The number of hydrogen-bond donors (Lipinski definition) is 4. The summed E-state index contributed by atoms with van der Waals surface area (Å²) in [7, 11) is 0. The third kappa shape index (κ3) is 4.24. The number of anilines is 1. The highest BCUT2D eigenvalue weighted by atomic mass is 35.5. The molecule has 2 aromatic rings. The second-order valence-electron chi connectivity index (χ2n) is 6.87. The molecule has 15 heteroatoms. The van der Waals surface area contributed by atoms with E-state index in [1.807, 2.05) is 0 Å². The van der Waals surface area contributed by atoms with Gasteiger partial charge in [0.1, 0.15) is 21.8 Å². The second-order valence-corrected chi connectivity index (χ2v) is 10.1. The van der Waals surface area contributed by atoms with Crippen LogP contribution in [0.25, 0.3) is 0 Å². The highest BCUT2D eigenvalue weighted by molar-refractivity contribution is 8.03. The van der Waals surface area contributed by atoms with Gasteiger partial charge in [-0.2, -0.15) is 0 Å². The van der Waals surface area contributed by atoms with Gasteiger partial charge in [0.2, 0.25) is 0 Å². The zero-order chi connectivity index (χ0) is 23.9. The number of oxime groups is 1. The number of aliphatic carboxylic acids is 1. The lowest BCUT2D eigenvalue weighted by molar-refractivity contribution is -0.155. The van der Waals surface area contributed by atoms with Crippen LogP contribution in [0, 0.1) is 0 Å². The number of nitrogens with zero attached hydrogens (tertiary/aromatic N) is 4. The highest BCUT2D eigenvalue weighted by Crippen LogP contribution is 2.44. The maximum atomic E-state index is 12.8. The van der Waals surface area contributed by atoms with E-state index in [0.717, 1.165) is 28.0 Å². The molecule has 0 saturated carbocycles. The minimum atomic E-state index is -1.27. The molecule has 4 rings (SSSR count). The molecule has 11 nitrogen and oxygen atoms in total. The van der Waals surface area contributed by atoms with Crippen molar-refractivity contribution in [2.45, 2.75) is 29.8 Å². The lowest BCUT2D eigenvalue weighted by Gasteiger charge is -2.50. The van der Waals surface area contributed by atoms with E-state index in [4.69, 9.17) is 28.9 Å². The summed E-state index contributed by atoms with van der Waals surface area (Å²) in [6.07, 6.45) is 3.72. The van der Waals surface area contributed by atoms with Crippen LogP contribution in [0.5, 0.6) is 0 Å². The van der Waals surface area contributed by atoms with Crippen LogP contribution in [-0.2, 0) is 14.4 Å². The standard InChI is InChI=1S/C18H14Cl2N6O5S2/c19-6-5-22-4-3-8(6)32-9-2-1-7-10(16(28)26(7)13(9)17(29)30)23-15(27)12(25-31)11-14(20)33-18(21)24-11/h3-5,7,10,31H,1-2H2,(H2,21,24)(H,23,27)(H,29,30)/b25-12-. The van der Waals surface area contributed by atoms with Crippen LogP contribution < -0.4 is 11.1 Å². The minimum absolute atomic E-state index is 0.0437. The highest BCUT2D eigenvalue weighted by Gasteiger charge is 2.54. The van der Waals surface area contributed by atoms with Gasteiger partial charge in [-0.05, 0) is 18.9 Å². The van der Waals surface area contributed by atoms with Crippen molar-refractivity contribution in [2.75, 3.05) is 5.73 Å². The van der Waals surface area contributed by atoms with Crippen molar-refractivity contribution in [1.82, 2.24) is 20.2 Å². The Hall–Kier alpha value is -2.87. The number of nitrogen functional groups attached to an aromatic ring is 1. The number of hydrogen-bond acceptors (Lipinski definition) is 10. The first-order valence-electron chi connectivity index (χ1n) is 9.24. The third-order valence-corrected chi connectivity index (χ3v) is 7.71. The Kier molecular flexibility index (Phi) is 6.47. The fraction of sp³-hybridized carbons (Fsp3) is 0.222. The van der Waals surface area contributed by atoms with Crippen LogP contribution in [0.1, 0.15) is 18.5 Å². The van der Waals surface area contributed by atoms with E-state index in [1.54, 1.807) is 6.07 Å². The smallest absolute Gasteiger partial charge is 0.353 e. The van der Waals surface area contributed by atoms with Gasteiger partial charge >= 0.3 is 5.97 Å². The molecule has 2 atom stereocenters. The number of halogens is 2. The van der Waals surface area contributed by atoms with Crippen LogP contribution in [0.3, 0.4) is 0 Å². The first-order chi connectivity index (χ1) is 15.7. The van der Waals surface area contributed by atoms with Gasteiger partial charge in [-0.25, -0.2) is 9.78 Å². The van der Waals surface area contributed by atoms with Gasteiger partial charge < -0.3 is 21.4 Å². The fourth-order valence-corrected chi connectivity index (χ4v) is 5.79. The van der Waals surface area contributed by atoms with Gasteiger partial charge in [0.25, 0.3) is 11.8 Å². The molecule has 0 spiro atoms. The molecule has 0 aromatic carbocycles. The van der Waals surface area contributed by atoms with Crippen LogP contribution in [-0.4, -0.2) is 60.8 Å². The van der Waals surface area contributed by atoms with Crippen molar-refractivity contribution in [3.05, 3.63) is 44.1 Å². The number of carboxylic acid groups (broad SMARTS) is 1. The third-order valence-electron chi connectivity index (χ3n) is 4.99. The molecule has 0 bridgehead atoms. The zero-order valence-electron chi connectivity index (χ0n) is 16.4. The topological polar surface area (TPSA) is 171 Å². The largest absolute Gasteiger partial charge is 0.477 e. The molecule has 1 saturated heterocycles. The predicted molar refractivity (Wildman–Crippen MR) is 121 cm³/mol. The predicted octanol–water partition coefficient (Wildman–Crippen LogP) is 2.18. The maximum Gasteiger partial charge on any atom is 0.353 e.